The highest BCUT2D eigenvalue weighted by atomic mass is 33.1. The number of rotatable bonds is 24. The molecule has 0 spiro atoms. The zero-order valence-electron chi connectivity index (χ0n) is 77.5. The minimum atomic E-state index is -1.57. The van der Waals surface area contributed by atoms with E-state index in [1.165, 1.54) is 108 Å². The van der Waals surface area contributed by atoms with Gasteiger partial charge in [-0.25, -0.2) is 0 Å². The number of nitrogens with zero attached hydrogens (tertiary/aromatic N) is 3. The van der Waals surface area contributed by atoms with Gasteiger partial charge in [0.15, 0.2) is 17.9 Å². The maximum absolute atomic E-state index is 13.4. The largest absolute Gasteiger partial charge is 0.481 e. The van der Waals surface area contributed by atoms with Gasteiger partial charge in [0.1, 0.15) is 60.2 Å². The van der Waals surface area contributed by atoms with E-state index in [-0.39, 0.29) is 120 Å². The molecule has 0 aliphatic carbocycles. The van der Waals surface area contributed by atoms with Gasteiger partial charge in [-0.3, -0.25) is 116 Å². The van der Waals surface area contributed by atoms with Gasteiger partial charge in [0, 0.05) is 119 Å². The summed E-state index contributed by atoms with van der Waals surface area (Å²) < 4.78 is 0. The normalized spacial score (nSPS) is 20.5. The predicted molar refractivity (Wildman–Crippen MR) is 544 cm³/mol. The molecule has 6 bridgehead atoms. The van der Waals surface area contributed by atoms with Crippen molar-refractivity contribution in [3.8, 4) is 0 Å². The number of nitrogens with one attached hydrogen (secondary N) is 15. The molecule has 0 radical (unpaired) electrons. The first-order valence-electron chi connectivity index (χ1n) is 44.3. The Morgan fingerprint density at radius 3 is 1.09 bits per heavy atom. The molecule has 9 atom stereocenters. The van der Waals surface area contributed by atoms with Crippen molar-refractivity contribution in [1.82, 2.24) is 63.8 Å². The molecular weight excluding hydrogens is 1980 g/mol. The number of primary amides is 3. The molecule has 0 aromatic heterocycles. The van der Waals surface area contributed by atoms with Gasteiger partial charge in [-0.05, 0) is 123 Å². The van der Waals surface area contributed by atoms with Gasteiger partial charge in [0.2, 0.25) is 88.6 Å². The Labute approximate surface area is 842 Å². The molecule has 0 unspecified atom stereocenters. The van der Waals surface area contributed by atoms with Gasteiger partial charge in [-0.1, -0.05) is 119 Å². The number of unbranched alkanes of at least 4 members (excludes halogenated alkanes) is 3. The molecule has 3 aliphatic rings. The molecule has 143 heavy (non-hydrogen) atoms. The molecule has 0 saturated heterocycles. The fourth-order valence-electron chi connectivity index (χ4n) is 13.2. The molecule has 35 N–H and O–H groups in total. The van der Waals surface area contributed by atoms with Gasteiger partial charge in [0.05, 0.1) is 32.5 Å². The summed E-state index contributed by atoms with van der Waals surface area (Å²) in [6.45, 7) is 0.440. The lowest BCUT2D eigenvalue weighted by atomic mass is 10.0. The number of carbonyl (C=O) groups is 21. The number of fused-ring (bicyclic) bond motifs is 10. The minimum Gasteiger partial charge on any atom is -0.481 e. The summed E-state index contributed by atoms with van der Waals surface area (Å²) in [7, 11) is 7.47. The number of aliphatic imine (C=N–C) groups is 3. The van der Waals surface area contributed by atoms with Crippen LogP contribution in [0.5, 0.6) is 0 Å². The molecular formula is C87H117N27O23S6. The fourth-order valence-corrected chi connectivity index (χ4v) is 19.7. The summed E-state index contributed by atoms with van der Waals surface area (Å²) in [5.74, 6) is -14.7. The van der Waals surface area contributed by atoms with Crippen LogP contribution in [-0.4, -0.2) is 280 Å². The summed E-state index contributed by atoms with van der Waals surface area (Å²) in [6, 6.07) is 14.6. The van der Waals surface area contributed by atoms with Crippen LogP contribution in [0.1, 0.15) is 134 Å². The molecule has 3 aliphatic heterocycles. The smallest absolute Gasteiger partial charge is 0.305 e. The van der Waals surface area contributed by atoms with Crippen LogP contribution in [0.3, 0.4) is 0 Å². The third kappa shape index (κ3) is 44.5. The molecule has 0 saturated carbocycles. The van der Waals surface area contributed by atoms with Gasteiger partial charge < -0.3 is 142 Å². The fraction of sp³-hybridized carbons (Fsp3) is 0.425. The first kappa shape index (κ1) is 117. The van der Waals surface area contributed by atoms with E-state index in [0.717, 1.165) is 0 Å². The van der Waals surface area contributed by atoms with Gasteiger partial charge in [-0.2, -0.15) is 0 Å². The van der Waals surface area contributed by atoms with Crippen molar-refractivity contribution in [3.63, 3.8) is 0 Å². The Balaban J connectivity index is 0.000000329. The number of aliphatic carboxylic acids is 2. The number of hydrogen-bond acceptors (Lipinski definition) is 30. The van der Waals surface area contributed by atoms with Crippen LogP contribution >= 0.6 is 64.8 Å². The van der Waals surface area contributed by atoms with E-state index in [0.29, 0.717) is 97.0 Å². The second kappa shape index (κ2) is 62.0. The summed E-state index contributed by atoms with van der Waals surface area (Å²) in [4.78, 5) is 278. The van der Waals surface area contributed by atoms with E-state index >= 15 is 0 Å². The molecule has 0 fully saturated rings. The van der Waals surface area contributed by atoms with Crippen LogP contribution in [-0.2, 0) is 86.3 Å². The van der Waals surface area contributed by atoms with Crippen molar-refractivity contribution in [2.75, 3.05) is 89.7 Å². The molecule has 5 aromatic carbocycles. The standard InChI is InChI=1S/2C30H39N9O8S2.C27H39N9O7S2/c31-26(44)22-15-49-48-10-8-23(40)37-20(7-3-4-9-34-30(32)33)28(46)35-14-24(41)38-21(13-25(42)43)29(47)36-17-11-16-5-1-2-6-18(16)19(12-17)27(45)39-22;31-26(44)22-15-49-48-10-8-23(40)36-19(7-3-4-9-34-30(32)33)28(46)35-14-24(41)37-21(13-25(42)43)29(47)38-20-12-17(27(45)39-22)11-16-5-1-2-6-18(16)20;1-15(37)11-19-26(43)33-17-6-4-5-16(12-17)24(41)36-20(23(28)40)14-45-44-10-8-21(38)34-18(7-2-3-9-31-27(29)30)25(42)32-13-22(39)35-19/h1-2,5-6,11-12,20-22H,3-4,7-10,13-15H2,(H2,31,44)(H,35,46)(H,36,47)(H,37,40)(H,38,41)(H,39,45)(H,42,43)(H4,32,33,34);1-2,5-6,11-12,19,21-22H,3-4,7-10,13-15H2,(H2,31,44)(H,35,46)(H,36,40)(H,37,41)(H,38,47)(H,39,45)(H,42,43)(H4,32,33,34);4-6,12,18-20H,2-3,7-11,13-14H2,1H3,(H2,28,40)(H,32,42)(H,33,43)(H,34,38)(H,35,39)(H,36,41)(H4,29,30,31)/t20-,21-,22-;19-,21-,22-;18-,19-,20-/m000/s1. The monoisotopic (exact) mass is 2100 g/mol. The Morgan fingerprint density at radius 1 is 0.343 bits per heavy atom. The van der Waals surface area contributed by atoms with Gasteiger partial charge >= 0.3 is 11.9 Å². The topological polar surface area (TPSA) is 851 Å². The van der Waals surface area contributed by atoms with Crippen molar-refractivity contribution in [2.24, 2.45) is 66.6 Å². The number of anilines is 3. The molecule has 5 aromatic rings. The number of carbonyl (C=O) groups excluding carboxylic acids is 19. The number of ketones is 1. The van der Waals surface area contributed by atoms with Gasteiger partial charge in [0.25, 0.3) is 17.7 Å². The molecule has 18 amide bonds. The minimum absolute atomic E-state index is 0.00823. The van der Waals surface area contributed by atoms with Crippen LogP contribution < -0.4 is 131 Å². The zero-order chi connectivity index (χ0) is 105. The lowest BCUT2D eigenvalue weighted by molar-refractivity contribution is -0.140. The Kier molecular flexibility index (Phi) is 50.9. The second-order valence-electron chi connectivity index (χ2n) is 31.8. The highest BCUT2D eigenvalue weighted by Gasteiger charge is 2.33. The van der Waals surface area contributed by atoms with Crippen LogP contribution in [0.25, 0.3) is 21.5 Å². The SMILES string of the molecule is CC(=O)C[C@@H]1NC(=O)CNC(=O)[C@H](CCCCN=C(N)N)NC(=O)CCSSC[C@@H](C(N)=O)NC(=O)c2cccc(c2)NC1=O.NC(=O)[C@@H]1CSSCCC(=O)N[C@@H](CCCCN=C(N)N)C(=O)NCC(=O)N[C@@H](CC(=O)O)C(=O)Nc2cc(c3ccccc3c2)C(=O)N1.NC(=O)[C@@H]1CSSCCC(=O)N[C@@H](CCCCN=C(N)N)C(=O)NCC(=O)N[C@@H](CC(=O)O)C(=O)Nc2cc(cc3ccccc23)C(=O)N1. The summed E-state index contributed by atoms with van der Waals surface area (Å²) in [5.41, 5.74) is 49.4. The summed E-state index contributed by atoms with van der Waals surface area (Å²) in [5, 5.41) is 58.9. The van der Waals surface area contributed by atoms with Crippen molar-refractivity contribution in [3.05, 3.63) is 114 Å². The van der Waals surface area contributed by atoms with E-state index in [4.69, 9.17) is 51.6 Å². The first-order valence-corrected chi connectivity index (χ1v) is 51.8. The van der Waals surface area contributed by atoms with Crippen molar-refractivity contribution in [1.29, 1.82) is 0 Å². The van der Waals surface area contributed by atoms with E-state index in [2.05, 4.69) is 94.7 Å². The van der Waals surface area contributed by atoms with E-state index in [9.17, 15) is 111 Å². The predicted octanol–water partition coefficient (Wildman–Crippen LogP) is -3.19. The number of benzene rings is 5. The molecule has 50 nitrogen and oxygen atoms in total. The van der Waals surface area contributed by atoms with Crippen molar-refractivity contribution >= 4 is 245 Å². The van der Waals surface area contributed by atoms with E-state index in [1.807, 2.05) is 0 Å². The lowest BCUT2D eigenvalue weighted by Crippen LogP contribution is -2.51. The van der Waals surface area contributed by atoms with Crippen molar-refractivity contribution in [2.45, 2.75) is 158 Å². The molecule has 3 heterocycles. The maximum Gasteiger partial charge on any atom is 0.305 e. The molecule has 8 rings (SSSR count). The Bertz CT molecular complexity index is 5530. The molecule has 774 valence electrons. The van der Waals surface area contributed by atoms with E-state index < -0.39 is 205 Å². The number of guanidine groups is 3. The van der Waals surface area contributed by atoms with Crippen LogP contribution in [0, 0.1) is 0 Å². The summed E-state index contributed by atoms with van der Waals surface area (Å²) in [6.07, 6.45) is 1.67. The maximum atomic E-state index is 13.4. The van der Waals surface area contributed by atoms with Crippen LogP contribution in [0.4, 0.5) is 17.1 Å². The molecule has 56 heteroatoms. The number of Topliss-reactive ketones (excluding diaryl/α,β-unsaturated/α-hetero) is 1. The number of carboxylic acids is 2. The number of nitrogens with two attached hydrogens (primary N) is 9. The Morgan fingerprint density at radius 2 is 0.699 bits per heavy atom. The van der Waals surface area contributed by atoms with Gasteiger partial charge in [-0.15, -0.1) is 0 Å². The number of carboxylic acid groups (broad SMARTS) is 2. The zero-order valence-corrected chi connectivity index (χ0v) is 82.4. The quantitative estimate of drug-likeness (QED) is 0.0125. The van der Waals surface area contributed by atoms with Crippen molar-refractivity contribution < 1.29 is 111 Å². The first-order chi connectivity index (χ1) is 68.0. The average Bonchev–Trinajstić information content (AvgIpc) is 0.796. The highest BCUT2D eigenvalue weighted by molar-refractivity contribution is 8.77. The summed E-state index contributed by atoms with van der Waals surface area (Å²) >= 11 is 0. The number of hydrogen-bond donors (Lipinski definition) is 26. The third-order valence-corrected chi connectivity index (χ3v) is 27.5. The second-order valence-corrected chi connectivity index (χ2v) is 39.7. The number of amides is 18. The average molecular weight is 2100 g/mol. The third-order valence-electron chi connectivity index (χ3n) is 20.3. The highest BCUT2D eigenvalue weighted by Crippen LogP contribution is 2.31. The van der Waals surface area contributed by atoms with Crippen LogP contribution in [0.15, 0.2) is 112 Å². The lowest BCUT2D eigenvalue weighted by Gasteiger charge is -2.21. The Hall–Kier alpha value is -14.4. The van der Waals surface area contributed by atoms with Crippen LogP contribution in [0.2, 0.25) is 0 Å². The van der Waals surface area contributed by atoms with E-state index in [1.54, 1.807) is 60.7 Å².